The van der Waals surface area contributed by atoms with Crippen molar-refractivity contribution in [2.75, 3.05) is 13.6 Å². The van der Waals surface area contributed by atoms with Gasteiger partial charge in [-0.05, 0) is 98.5 Å². The second-order valence-electron chi connectivity index (χ2n) is 9.58. The van der Waals surface area contributed by atoms with Crippen molar-refractivity contribution in [2.45, 2.75) is 63.5 Å². The Bertz CT molecular complexity index is 873. The summed E-state index contributed by atoms with van der Waals surface area (Å²) in [5, 5.41) is 15.6. The minimum absolute atomic E-state index is 0.374. The van der Waals surface area contributed by atoms with Gasteiger partial charge in [-0.1, -0.05) is 48.5 Å². The number of nitrogens with one attached hydrogen (secondary N) is 2. The predicted octanol–water partition coefficient (Wildman–Crippen LogP) is 4.53. The minimum Gasteiger partial charge on any atom is -0.480 e. The fourth-order valence-electron chi connectivity index (χ4n) is 5.66. The molecule has 2 fully saturated rings. The Hall–Kier alpha value is -2.17. The Morgan fingerprint density at radius 2 is 1.71 bits per heavy atom. The number of benzene rings is 2. The van der Waals surface area contributed by atoms with Crippen LogP contribution in [0.4, 0.5) is 0 Å². The molecule has 4 nitrogen and oxygen atoms in total. The van der Waals surface area contributed by atoms with Crippen LogP contribution in [0.25, 0.3) is 0 Å². The van der Waals surface area contributed by atoms with E-state index in [2.05, 4.69) is 59.2 Å². The Balaban J connectivity index is 1.30. The van der Waals surface area contributed by atoms with E-state index >= 15 is 0 Å². The molecule has 4 rings (SSSR count). The summed E-state index contributed by atoms with van der Waals surface area (Å²) in [6.07, 6.45) is 8.05. The first-order valence-corrected chi connectivity index (χ1v) is 11.9. The largest absolute Gasteiger partial charge is 0.480 e. The van der Waals surface area contributed by atoms with Gasteiger partial charge in [-0.25, -0.2) is 0 Å². The van der Waals surface area contributed by atoms with Gasteiger partial charge >= 0.3 is 5.97 Å². The Kier molecular flexibility index (Phi) is 7.41. The van der Waals surface area contributed by atoms with Gasteiger partial charge in [0, 0.05) is 6.54 Å². The molecule has 0 aromatic heterocycles. The molecule has 0 bridgehead atoms. The number of hydrogen-bond donors (Lipinski definition) is 3. The van der Waals surface area contributed by atoms with E-state index in [1.807, 2.05) is 7.05 Å². The van der Waals surface area contributed by atoms with Crippen LogP contribution < -0.4 is 10.6 Å². The highest BCUT2D eigenvalue weighted by molar-refractivity contribution is 5.73. The molecule has 2 aliphatic rings. The van der Waals surface area contributed by atoms with Gasteiger partial charge in [-0.15, -0.1) is 0 Å². The van der Waals surface area contributed by atoms with Crippen molar-refractivity contribution in [3.05, 3.63) is 70.8 Å². The van der Waals surface area contributed by atoms with Crippen molar-refractivity contribution in [2.24, 2.45) is 11.8 Å². The quantitative estimate of drug-likeness (QED) is 0.587. The highest BCUT2D eigenvalue weighted by Gasteiger charge is 2.29. The topological polar surface area (TPSA) is 61.4 Å². The number of rotatable bonds is 8. The van der Waals surface area contributed by atoms with Crippen molar-refractivity contribution in [1.29, 1.82) is 0 Å². The van der Waals surface area contributed by atoms with Crippen LogP contribution in [0, 0.1) is 11.8 Å². The third-order valence-electron chi connectivity index (χ3n) is 7.27. The van der Waals surface area contributed by atoms with E-state index in [1.165, 1.54) is 48.8 Å². The SMILES string of the molecule is CNCc1ccccc1C1CCC(Cc2cccc(C[C@@H]3CN[C@H](C(=O)O)C3)c2)CC1. The molecule has 2 atom stereocenters. The molecule has 0 spiro atoms. The molecule has 0 unspecified atom stereocenters. The van der Waals surface area contributed by atoms with Gasteiger partial charge in [-0.2, -0.15) is 0 Å². The molecule has 166 valence electrons. The van der Waals surface area contributed by atoms with Gasteiger partial charge < -0.3 is 15.7 Å². The summed E-state index contributed by atoms with van der Waals surface area (Å²) in [5.41, 5.74) is 5.79. The number of carboxylic acids is 1. The van der Waals surface area contributed by atoms with Crippen LogP contribution in [0.1, 0.15) is 60.3 Å². The molecule has 31 heavy (non-hydrogen) atoms. The molecule has 1 aliphatic carbocycles. The summed E-state index contributed by atoms with van der Waals surface area (Å²) in [6.45, 7) is 1.76. The summed E-state index contributed by atoms with van der Waals surface area (Å²) in [7, 11) is 2.02. The molecule has 4 heteroatoms. The van der Waals surface area contributed by atoms with Crippen molar-refractivity contribution < 1.29 is 9.90 Å². The molecule has 0 radical (unpaired) electrons. The number of hydrogen-bond acceptors (Lipinski definition) is 3. The Labute approximate surface area is 186 Å². The van der Waals surface area contributed by atoms with Crippen LogP contribution in [-0.4, -0.2) is 30.7 Å². The molecule has 2 aromatic rings. The maximum Gasteiger partial charge on any atom is 0.320 e. The fourth-order valence-corrected chi connectivity index (χ4v) is 5.66. The summed E-state index contributed by atoms with van der Waals surface area (Å²) in [4.78, 5) is 11.2. The van der Waals surface area contributed by atoms with E-state index in [4.69, 9.17) is 0 Å². The van der Waals surface area contributed by atoms with E-state index in [0.717, 1.165) is 31.8 Å². The molecular formula is C27H36N2O2. The fraction of sp³-hybridized carbons (Fsp3) is 0.519. The average Bonchev–Trinajstić information content (AvgIpc) is 3.24. The van der Waals surface area contributed by atoms with Crippen LogP contribution in [0.5, 0.6) is 0 Å². The first-order valence-electron chi connectivity index (χ1n) is 11.9. The van der Waals surface area contributed by atoms with E-state index in [-0.39, 0.29) is 6.04 Å². The molecule has 1 saturated heterocycles. The van der Waals surface area contributed by atoms with Crippen LogP contribution in [-0.2, 0) is 24.2 Å². The van der Waals surface area contributed by atoms with Gasteiger partial charge in [0.2, 0.25) is 0 Å². The van der Waals surface area contributed by atoms with Gasteiger partial charge in [0.25, 0.3) is 0 Å². The normalized spacial score (nSPS) is 26.1. The Morgan fingerprint density at radius 1 is 1.00 bits per heavy atom. The van der Waals surface area contributed by atoms with Gasteiger partial charge in [0.15, 0.2) is 0 Å². The molecule has 0 amide bonds. The van der Waals surface area contributed by atoms with Crippen molar-refractivity contribution >= 4 is 5.97 Å². The van der Waals surface area contributed by atoms with Crippen LogP contribution >= 0.6 is 0 Å². The highest BCUT2D eigenvalue weighted by atomic mass is 16.4. The van der Waals surface area contributed by atoms with Gasteiger partial charge in [-0.3, -0.25) is 4.79 Å². The molecular weight excluding hydrogens is 384 g/mol. The van der Waals surface area contributed by atoms with Crippen molar-refractivity contribution in [3.8, 4) is 0 Å². The van der Waals surface area contributed by atoms with E-state index in [0.29, 0.717) is 11.8 Å². The zero-order valence-electron chi connectivity index (χ0n) is 18.6. The molecule has 1 heterocycles. The lowest BCUT2D eigenvalue weighted by molar-refractivity contribution is -0.139. The lowest BCUT2D eigenvalue weighted by Crippen LogP contribution is -2.29. The first kappa shape index (κ1) is 22.0. The highest BCUT2D eigenvalue weighted by Crippen LogP contribution is 2.38. The minimum atomic E-state index is -0.722. The summed E-state index contributed by atoms with van der Waals surface area (Å²) < 4.78 is 0. The first-order chi connectivity index (χ1) is 15.1. The smallest absolute Gasteiger partial charge is 0.320 e. The summed E-state index contributed by atoms with van der Waals surface area (Å²) >= 11 is 0. The third kappa shape index (κ3) is 5.75. The molecule has 2 aromatic carbocycles. The average molecular weight is 421 g/mol. The lowest BCUT2D eigenvalue weighted by Gasteiger charge is -2.30. The van der Waals surface area contributed by atoms with Crippen molar-refractivity contribution in [1.82, 2.24) is 10.6 Å². The molecule has 3 N–H and O–H groups in total. The zero-order valence-corrected chi connectivity index (χ0v) is 18.6. The lowest BCUT2D eigenvalue weighted by atomic mass is 9.75. The molecule has 1 aliphatic heterocycles. The second-order valence-corrected chi connectivity index (χ2v) is 9.58. The summed E-state index contributed by atoms with van der Waals surface area (Å²) in [6, 6.07) is 17.6. The van der Waals surface area contributed by atoms with Gasteiger partial charge in [0.1, 0.15) is 6.04 Å². The van der Waals surface area contributed by atoms with Gasteiger partial charge in [0.05, 0.1) is 0 Å². The van der Waals surface area contributed by atoms with Crippen LogP contribution in [0.15, 0.2) is 48.5 Å². The van der Waals surface area contributed by atoms with E-state index in [1.54, 1.807) is 5.56 Å². The number of carbonyl (C=O) groups is 1. The van der Waals surface area contributed by atoms with E-state index in [9.17, 15) is 9.90 Å². The van der Waals surface area contributed by atoms with E-state index < -0.39 is 5.97 Å². The summed E-state index contributed by atoms with van der Waals surface area (Å²) in [5.74, 6) is 1.17. The number of carboxylic acid groups (broad SMARTS) is 1. The Morgan fingerprint density at radius 3 is 2.39 bits per heavy atom. The predicted molar refractivity (Wildman–Crippen MR) is 125 cm³/mol. The van der Waals surface area contributed by atoms with Crippen LogP contribution in [0.3, 0.4) is 0 Å². The zero-order chi connectivity index (χ0) is 21.6. The third-order valence-corrected chi connectivity index (χ3v) is 7.27. The second kappa shape index (κ2) is 10.4. The standard InChI is InChI=1S/C27H36N2O2/c1-28-18-24-7-2-3-8-25(24)23-11-9-19(10-12-23)13-20-5-4-6-21(14-20)15-22-16-26(27(30)31)29-17-22/h2-8,14,19,22-23,26,28-29H,9-13,15-18H2,1H3,(H,30,31)/t19?,22-,23?,26-/m0/s1. The number of aliphatic carboxylic acids is 1. The van der Waals surface area contributed by atoms with Crippen molar-refractivity contribution in [3.63, 3.8) is 0 Å². The van der Waals surface area contributed by atoms with Crippen LogP contribution in [0.2, 0.25) is 0 Å². The molecule has 1 saturated carbocycles. The maximum absolute atomic E-state index is 11.2. The maximum atomic E-state index is 11.2. The monoisotopic (exact) mass is 420 g/mol.